The summed E-state index contributed by atoms with van der Waals surface area (Å²) in [7, 11) is 3.42. The Kier molecular flexibility index (Phi) is 5.41. The van der Waals surface area contributed by atoms with Gasteiger partial charge in [0.25, 0.3) is 0 Å². The van der Waals surface area contributed by atoms with Gasteiger partial charge >= 0.3 is 6.03 Å². The van der Waals surface area contributed by atoms with E-state index < -0.39 is 0 Å². The third-order valence-corrected chi connectivity index (χ3v) is 3.34. The minimum Gasteiger partial charge on any atom is -0.497 e. The van der Waals surface area contributed by atoms with Gasteiger partial charge in [0.05, 0.1) is 25.5 Å². The molecule has 6 heteroatoms. The molecule has 2 rings (SSSR count). The zero-order valence-corrected chi connectivity index (χ0v) is 13.2. The Morgan fingerprint density at radius 2 is 2.09 bits per heavy atom. The fraction of sp³-hybridized carbons (Fsp3) is 0.375. The predicted octanol–water partition coefficient (Wildman–Crippen LogP) is 2.64. The number of hydrogen-bond donors (Lipinski definition) is 2. The largest absolute Gasteiger partial charge is 0.497 e. The van der Waals surface area contributed by atoms with Crippen LogP contribution in [-0.4, -0.2) is 41.6 Å². The van der Waals surface area contributed by atoms with E-state index in [0.29, 0.717) is 6.54 Å². The molecule has 0 unspecified atom stereocenters. The van der Waals surface area contributed by atoms with Gasteiger partial charge in [-0.3, -0.25) is 0 Å². The van der Waals surface area contributed by atoms with Gasteiger partial charge < -0.3 is 19.9 Å². The van der Waals surface area contributed by atoms with Crippen molar-refractivity contribution < 1.29 is 9.53 Å². The number of rotatable bonds is 6. The van der Waals surface area contributed by atoms with Crippen molar-refractivity contribution in [3.63, 3.8) is 0 Å². The van der Waals surface area contributed by atoms with Crippen molar-refractivity contribution in [2.24, 2.45) is 0 Å². The Labute approximate surface area is 130 Å². The van der Waals surface area contributed by atoms with Crippen molar-refractivity contribution in [1.82, 2.24) is 20.2 Å². The summed E-state index contributed by atoms with van der Waals surface area (Å²) in [6.45, 7) is 3.15. The van der Waals surface area contributed by atoms with Crippen LogP contribution in [-0.2, 0) is 6.54 Å². The Bertz CT molecular complexity index is 607. The summed E-state index contributed by atoms with van der Waals surface area (Å²) < 4.78 is 5.14. The van der Waals surface area contributed by atoms with Gasteiger partial charge in [0.15, 0.2) is 0 Å². The average molecular weight is 302 g/mol. The molecule has 0 fully saturated rings. The SMILES string of the molecule is CCCN(C)C(=O)NCc1ncc(-c2ccc(OC)cc2)[nH]1. The molecule has 0 aliphatic carbocycles. The lowest BCUT2D eigenvalue weighted by molar-refractivity contribution is 0.208. The number of aromatic nitrogens is 2. The summed E-state index contributed by atoms with van der Waals surface area (Å²) in [5, 5.41) is 2.84. The molecule has 0 aliphatic rings. The van der Waals surface area contributed by atoms with Crippen molar-refractivity contribution in [1.29, 1.82) is 0 Å². The number of hydrogen-bond acceptors (Lipinski definition) is 3. The first-order valence-electron chi connectivity index (χ1n) is 7.31. The summed E-state index contributed by atoms with van der Waals surface area (Å²) in [6, 6.07) is 7.63. The van der Waals surface area contributed by atoms with E-state index in [2.05, 4.69) is 15.3 Å². The molecule has 0 atom stereocenters. The van der Waals surface area contributed by atoms with E-state index in [4.69, 9.17) is 4.74 Å². The molecule has 0 saturated carbocycles. The predicted molar refractivity (Wildman–Crippen MR) is 85.7 cm³/mol. The molecule has 0 spiro atoms. The molecule has 2 amide bonds. The molecule has 2 N–H and O–H groups in total. The summed E-state index contributed by atoms with van der Waals surface area (Å²) in [5.74, 6) is 1.54. The number of nitrogens with one attached hydrogen (secondary N) is 2. The molecule has 2 aromatic rings. The first kappa shape index (κ1) is 15.9. The highest BCUT2D eigenvalue weighted by Crippen LogP contribution is 2.20. The number of nitrogens with zero attached hydrogens (tertiary/aromatic N) is 2. The van der Waals surface area contributed by atoms with E-state index in [9.17, 15) is 4.79 Å². The van der Waals surface area contributed by atoms with Crippen LogP contribution in [0.15, 0.2) is 30.5 Å². The second-order valence-corrected chi connectivity index (χ2v) is 5.05. The van der Waals surface area contributed by atoms with Crippen molar-refractivity contribution in [3.05, 3.63) is 36.3 Å². The van der Waals surface area contributed by atoms with Crippen molar-refractivity contribution in [2.75, 3.05) is 20.7 Å². The number of ether oxygens (including phenoxy) is 1. The number of carbonyl (C=O) groups excluding carboxylic acids is 1. The molecule has 1 aromatic heterocycles. The van der Waals surface area contributed by atoms with E-state index in [1.807, 2.05) is 31.2 Å². The minimum atomic E-state index is -0.0933. The van der Waals surface area contributed by atoms with Crippen LogP contribution < -0.4 is 10.1 Å². The van der Waals surface area contributed by atoms with Gasteiger partial charge in [-0.25, -0.2) is 9.78 Å². The van der Waals surface area contributed by atoms with E-state index in [0.717, 1.165) is 35.8 Å². The molecular weight excluding hydrogens is 280 g/mol. The Balaban J connectivity index is 1.95. The van der Waals surface area contributed by atoms with Gasteiger partial charge in [-0.2, -0.15) is 0 Å². The number of aromatic amines is 1. The van der Waals surface area contributed by atoms with Crippen LogP contribution in [0.1, 0.15) is 19.2 Å². The van der Waals surface area contributed by atoms with E-state index in [-0.39, 0.29) is 6.03 Å². The van der Waals surface area contributed by atoms with E-state index in [1.165, 1.54) is 0 Å². The molecule has 1 aromatic carbocycles. The summed E-state index contributed by atoms with van der Waals surface area (Å²) in [6.07, 6.45) is 2.70. The Hall–Kier alpha value is -2.50. The smallest absolute Gasteiger partial charge is 0.317 e. The lowest BCUT2D eigenvalue weighted by Crippen LogP contribution is -2.37. The van der Waals surface area contributed by atoms with Crippen molar-refractivity contribution in [2.45, 2.75) is 19.9 Å². The highest BCUT2D eigenvalue weighted by molar-refractivity contribution is 5.73. The van der Waals surface area contributed by atoms with Crippen molar-refractivity contribution in [3.8, 4) is 17.0 Å². The fourth-order valence-electron chi connectivity index (χ4n) is 2.10. The third-order valence-electron chi connectivity index (χ3n) is 3.34. The van der Waals surface area contributed by atoms with Crippen LogP contribution in [0.4, 0.5) is 4.79 Å². The van der Waals surface area contributed by atoms with Crippen LogP contribution in [0, 0.1) is 0 Å². The zero-order valence-electron chi connectivity index (χ0n) is 13.2. The summed E-state index contributed by atoms with van der Waals surface area (Å²) in [5.41, 5.74) is 1.93. The molecule has 0 bridgehead atoms. The highest BCUT2D eigenvalue weighted by atomic mass is 16.5. The number of benzene rings is 1. The van der Waals surface area contributed by atoms with Gasteiger partial charge in [-0.1, -0.05) is 6.92 Å². The standard InChI is InChI=1S/C16H22N4O2/c1-4-9-20(2)16(21)18-11-15-17-10-14(19-15)12-5-7-13(22-3)8-6-12/h5-8,10H,4,9,11H2,1-3H3,(H,17,19)(H,18,21). The van der Waals surface area contributed by atoms with Crippen LogP contribution in [0.3, 0.4) is 0 Å². The molecule has 1 heterocycles. The monoisotopic (exact) mass is 302 g/mol. The molecule has 6 nitrogen and oxygen atoms in total. The first-order chi connectivity index (χ1) is 10.6. The number of methoxy groups -OCH3 is 1. The fourth-order valence-corrected chi connectivity index (χ4v) is 2.10. The number of H-pyrrole nitrogens is 1. The maximum absolute atomic E-state index is 11.8. The van der Waals surface area contributed by atoms with Crippen molar-refractivity contribution >= 4 is 6.03 Å². The maximum atomic E-state index is 11.8. The van der Waals surface area contributed by atoms with Crippen LogP contribution in [0.5, 0.6) is 5.75 Å². The second-order valence-electron chi connectivity index (χ2n) is 5.05. The topological polar surface area (TPSA) is 70.2 Å². The zero-order chi connectivity index (χ0) is 15.9. The van der Waals surface area contributed by atoms with E-state index >= 15 is 0 Å². The molecular formula is C16H22N4O2. The molecule has 22 heavy (non-hydrogen) atoms. The van der Waals surface area contributed by atoms with E-state index in [1.54, 1.807) is 25.3 Å². The number of amides is 2. The molecule has 0 radical (unpaired) electrons. The third kappa shape index (κ3) is 4.00. The number of carbonyl (C=O) groups is 1. The summed E-state index contributed by atoms with van der Waals surface area (Å²) >= 11 is 0. The van der Waals surface area contributed by atoms with Gasteiger partial charge in [0.1, 0.15) is 11.6 Å². The lowest BCUT2D eigenvalue weighted by Gasteiger charge is -2.16. The Morgan fingerprint density at radius 1 is 1.36 bits per heavy atom. The second kappa shape index (κ2) is 7.49. The minimum absolute atomic E-state index is 0.0933. The number of urea groups is 1. The molecule has 118 valence electrons. The lowest BCUT2D eigenvalue weighted by atomic mass is 10.2. The number of imidazole rings is 1. The van der Waals surface area contributed by atoms with Gasteiger partial charge in [-0.05, 0) is 36.2 Å². The van der Waals surface area contributed by atoms with Gasteiger partial charge in [-0.15, -0.1) is 0 Å². The van der Waals surface area contributed by atoms with Gasteiger partial charge in [0.2, 0.25) is 0 Å². The average Bonchev–Trinajstić information content (AvgIpc) is 3.02. The van der Waals surface area contributed by atoms with Crippen LogP contribution in [0.2, 0.25) is 0 Å². The highest BCUT2D eigenvalue weighted by Gasteiger charge is 2.08. The first-order valence-corrected chi connectivity index (χ1v) is 7.31. The Morgan fingerprint density at radius 3 is 2.73 bits per heavy atom. The summed E-state index contributed by atoms with van der Waals surface area (Å²) in [4.78, 5) is 21.0. The quantitative estimate of drug-likeness (QED) is 0.862. The molecule has 0 aliphatic heterocycles. The van der Waals surface area contributed by atoms with Crippen LogP contribution >= 0.6 is 0 Å². The van der Waals surface area contributed by atoms with Crippen LogP contribution in [0.25, 0.3) is 11.3 Å². The normalized spacial score (nSPS) is 10.3. The molecule has 0 saturated heterocycles. The van der Waals surface area contributed by atoms with Gasteiger partial charge in [0, 0.05) is 13.6 Å². The maximum Gasteiger partial charge on any atom is 0.317 e.